The number of aliphatic hydroxyl groups excluding tert-OH is 2. The molecule has 2 fully saturated rings. The molecule has 3 rings (SSSR count). The van der Waals surface area contributed by atoms with Crippen LogP contribution in [0, 0.1) is 0 Å². The number of ether oxygens (including phenoxy) is 1. The molecule has 0 aliphatic carbocycles. The molecule has 2 atom stereocenters. The smallest absolute Gasteiger partial charge is 0.255 e. The molecule has 4 N–H and O–H groups in total. The maximum atomic E-state index is 12.4. The van der Waals surface area contributed by atoms with Gasteiger partial charge in [-0.15, -0.1) is 0 Å². The van der Waals surface area contributed by atoms with Gasteiger partial charge in [0.1, 0.15) is 11.9 Å². The number of hydrogen-bond donors (Lipinski definition) is 3. The van der Waals surface area contributed by atoms with Crippen molar-refractivity contribution < 1.29 is 19.7 Å². The summed E-state index contributed by atoms with van der Waals surface area (Å²) < 4.78 is 5.76. The lowest BCUT2D eigenvalue weighted by Crippen LogP contribution is -2.60. The molecular formula is C15H21N3O4. The monoisotopic (exact) mass is 307 g/mol. The number of anilines is 1. The fourth-order valence-electron chi connectivity index (χ4n) is 3.22. The molecule has 1 aromatic heterocycles. The number of nitrogens with zero attached hydrogens (tertiary/aromatic N) is 2. The van der Waals surface area contributed by atoms with E-state index in [4.69, 9.17) is 10.5 Å². The number of nitrogen functional groups attached to an aromatic ring is 1. The minimum absolute atomic E-state index is 0.104. The third-order valence-electron chi connectivity index (χ3n) is 4.64. The van der Waals surface area contributed by atoms with Crippen LogP contribution in [0.3, 0.4) is 0 Å². The third kappa shape index (κ3) is 2.67. The van der Waals surface area contributed by atoms with E-state index >= 15 is 0 Å². The fourth-order valence-corrected chi connectivity index (χ4v) is 3.22. The number of aromatic nitrogens is 1. The lowest BCUT2D eigenvalue weighted by Gasteiger charge is -2.48. The zero-order chi connectivity index (χ0) is 15.7. The third-order valence-corrected chi connectivity index (χ3v) is 4.64. The Labute approximate surface area is 128 Å². The molecule has 7 nitrogen and oxygen atoms in total. The maximum Gasteiger partial charge on any atom is 0.255 e. The van der Waals surface area contributed by atoms with Crippen LogP contribution in [0.2, 0.25) is 0 Å². The van der Waals surface area contributed by atoms with Crippen LogP contribution in [0.4, 0.5) is 5.82 Å². The van der Waals surface area contributed by atoms with E-state index in [9.17, 15) is 15.0 Å². The second-order valence-corrected chi connectivity index (χ2v) is 5.98. The van der Waals surface area contributed by atoms with Crippen LogP contribution in [0.5, 0.6) is 0 Å². The lowest BCUT2D eigenvalue weighted by atomic mass is 9.80. The fraction of sp³-hybridized carbons (Fsp3) is 0.600. The van der Waals surface area contributed by atoms with Crippen molar-refractivity contribution in [1.82, 2.24) is 9.88 Å². The Kier molecular flexibility index (Phi) is 4.03. The summed E-state index contributed by atoms with van der Waals surface area (Å²) in [7, 11) is 0. The molecule has 0 aromatic carbocycles. The number of carbonyl (C=O) groups excluding carboxylic acids is 1. The number of pyridine rings is 1. The SMILES string of the molecule is Nc1ccc(C(=O)N2CCC3(CC2)OCC[C@H](O)[C@@H]3O)cn1. The van der Waals surface area contributed by atoms with Gasteiger partial charge < -0.3 is 25.6 Å². The summed E-state index contributed by atoms with van der Waals surface area (Å²) in [5.74, 6) is 0.273. The molecule has 1 spiro atoms. The van der Waals surface area contributed by atoms with Crippen LogP contribution in [-0.4, -0.2) is 63.5 Å². The molecule has 0 unspecified atom stereocenters. The normalized spacial score (nSPS) is 27.8. The van der Waals surface area contributed by atoms with Gasteiger partial charge in [0.2, 0.25) is 0 Å². The molecule has 2 aliphatic heterocycles. The Morgan fingerprint density at radius 2 is 2.09 bits per heavy atom. The summed E-state index contributed by atoms with van der Waals surface area (Å²) in [4.78, 5) is 18.1. The van der Waals surface area contributed by atoms with Crippen molar-refractivity contribution >= 4 is 11.7 Å². The van der Waals surface area contributed by atoms with E-state index in [-0.39, 0.29) is 5.91 Å². The number of amides is 1. The lowest BCUT2D eigenvalue weighted by molar-refractivity contribution is -0.212. The second-order valence-electron chi connectivity index (χ2n) is 5.98. The topological polar surface area (TPSA) is 109 Å². The molecule has 0 bridgehead atoms. The first-order valence-electron chi connectivity index (χ1n) is 7.53. The van der Waals surface area contributed by atoms with Gasteiger partial charge in [0.05, 0.1) is 23.9 Å². The molecule has 120 valence electrons. The average molecular weight is 307 g/mol. The van der Waals surface area contributed by atoms with Gasteiger partial charge in [0.25, 0.3) is 5.91 Å². The van der Waals surface area contributed by atoms with E-state index in [0.29, 0.717) is 50.3 Å². The summed E-state index contributed by atoms with van der Waals surface area (Å²) in [5, 5.41) is 20.1. The highest BCUT2D eigenvalue weighted by molar-refractivity contribution is 5.94. The summed E-state index contributed by atoms with van der Waals surface area (Å²) >= 11 is 0. The van der Waals surface area contributed by atoms with Gasteiger partial charge in [-0.05, 0) is 31.4 Å². The number of aliphatic hydroxyl groups is 2. The van der Waals surface area contributed by atoms with Crippen LogP contribution < -0.4 is 5.73 Å². The Balaban J connectivity index is 1.66. The first kappa shape index (κ1) is 15.2. The second kappa shape index (κ2) is 5.83. The number of nitrogens with two attached hydrogens (primary N) is 1. The zero-order valence-corrected chi connectivity index (χ0v) is 12.3. The van der Waals surface area contributed by atoms with Crippen molar-refractivity contribution in [2.75, 3.05) is 25.4 Å². The van der Waals surface area contributed by atoms with Gasteiger partial charge in [-0.1, -0.05) is 0 Å². The predicted molar refractivity (Wildman–Crippen MR) is 79.1 cm³/mol. The quantitative estimate of drug-likeness (QED) is 0.662. The Bertz CT molecular complexity index is 540. The Morgan fingerprint density at radius 1 is 1.36 bits per heavy atom. The predicted octanol–water partition coefficient (Wildman–Crippen LogP) is -0.219. The van der Waals surface area contributed by atoms with E-state index in [0.717, 1.165) is 0 Å². The largest absolute Gasteiger partial charge is 0.390 e. The van der Waals surface area contributed by atoms with Crippen molar-refractivity contribution in [3.8, 4) is 0 Å². The summed E-state index contributed by atoms with van der Waals surface area (Å²) in [5.41, 5.74) is 5.29. The first-order chi connectivity index (χ1) is 10.5. The van der Waals surface area contributed by atoms with E-state index in [1.165, 1.54) is 6.20 Å². The van der Waals surface area contributed by atoms with Gasteiger partial charge in [0.15, 0.2) is 0 Å². The minimum Gasteiger partial charge on any atom is -0.390 e. The standard InChI is InChI=1S/C15H21N3O4/c16-12-2-1-10(9-17-12)14(21)18-6-4-15(5-7-18)13(20)11(19)3-8-22-15/h1-2,9,11,13,19-20H,3-8H2,(H2,16,17)/t11-,13-/m0/s1. The van der Waals surface area contributed by atoms with Gasteiger partial charge in [-0.3, -0.25) is 4.79 Å². The number of likely N-dealkylation sites (tertiary alicyclic amines) is 1. The molecule has 22 heavy (non-hydrogen) atoms. The van der Waals surface area contributed by atoms with Crippen molar-refractivity contribution in [1.29, 1.82) is 0 Å². The molecule has 0 saturated carbocycles. The van der Waals surface area contributed by atoms with E-state index in [2.05, 4.69) is 4.98 Å². The van der Waals surface area contributed by atoms with Crippen LogP contribution in [0.1, 0.15) is 29.6 Å². The number of hydrogen-bond acceptors (Lipinski definition) is 6. The number of carbonyl (C=O) groups is 1. The molecule has 2 aliphatic rings. The van der Waals surface area contributed by atoms with Gasteiger partial charge in [0, 0.05) is 19.3 Å². The van der Waals surface area contributed by atoms with Gasteiger partial charge in [-0.25, -0.2) is 4.98 Å². The van der Waals surface area contributed by atoms with Crippen molar-refractivity contribution in [2.24, 2.45) is 0 Å². The highest BCUT2D eigenvalue weighted by atomic mass is 16.5. The Morgan fingerprint density at radius 3 is 2.73 bits per heavy atom. The van der Waals surface area contributed by atoms with Gasteiger partial charge >= 0.3 is 0 Å². The van der Waals surface area contributed by atoms with Crippen LogP contribution in [0.25, 0.3) is 0 Å². The zero-order valence-electron chi connectivity index (χ0n) is 12.3. The number of piperidine rings is 1. The van der Waals surface area contributed by atoms with Crippen LogP contribution >= 0.6 is 0 Å². The molecular weight excluding hydrogens is 286 g/mol. The van der Waals surface area contributed by atoms with E-state index in [1.54, 1.807) is 17.0 Å². The molecule has 3 heterocycles. The summed E-state index contributed by atoms with van der Waals surface area (Å²) in [6, 6.07) is 3.26. The van der Waals surface area contributed by atoms with Crippen LogP contribution in [-0.2, 0) is 4.74 Å². The van der Waals surface area contributed by atoms with Gasteiger partial charge in [-0.2, -0.15) is 0 Å². The van der Waals surface area contributed by atoms with Crippen molar-refractivity contribution in [2.45, 2.75) is 37.1 Å². The first-order valence-corrected chi connectivity index (χ1v) is 7.53. The molecule has 7 heteroatoms. The molecule has 1 amide bonds. The average Bonchev–Trinajstić information content (AvgIpc) is 2.53. The van der Waals surface area contributed by atoms with Crippen molar-refractivity contribution in [3.05, 3.63) is 23.9 Å². The highest BCUT2D eigenvalue weighted by Gasteiger charge is 2.48. The maximum absolute atomic E-state index is 12.4. The van der Waals surface area contributed by atoms with E-state index < -0.39 is 17.8 Å². The highest BCUT2D eigenvalue weighted by Crippen LogP contribution is 2.35. The number of rotatable bonds is 1. The van der Waals surface area contributed by atoms with E-state index in [1.807, 2.05) is 0 Å². The minimum atomic E-state index is -0.892. The van der Waals surface area contributed by atoms with Crippen molar-refractivity contribution in [3.63, 3.8) is 0 Å². The summed E-state index contributed by atoms with van der Waals surface area (Å²) in [6.45, 7) is 1.40. The Hall–Kier alpha value is -1.70. The summed E-state index contributed by atoms with van der Waals surface area (Å²) in [6.07, 6.45) is 1.30. The van der Waals surface area contributed by atoms with Crippen LogP contribution in [0.15, 0.2) is 18.3 Å². The molecule has 0 radical (unpaired) electrons. The molecule has 2 saturated heterocycles. The molecule has 1 aromatic rings.